The lowest BCUT2D eigenvalue weighted by Gasteiger charge is -2.06. The van der Waals surface area contributed by atoms with E-state index < -0.39 is 0 Å². The van der Waals surface area contributed by atoms with Crippen LogP contribution in [0.2, 0.25) is 0 Å². The van der Waals surface area contributed by atoms with Gasteiger partial charge in [-0.3, -0.25) is 4.79 Å². The molecule has 0 N–H and O–H groups in total. The maximum atomic E-state index is 12.2. The first-order valence-electron chi connectivity index (χ1n) is 9.65. The molecule has 0 amide bonds. The Morgan fingerprint density at radius 2 is 1.46 bits per heavy atom. The van der Waals surface area contributed by atoms with E-state index in [0.29, 0.717) is 18.4 Å². The van der Waals surface area contributed by atoms with Crippen LogP contribution in [0.4, 0.5) is 0 Å². The molecular formula is C24H28O4. The largest absolute Gasteiger partial charge is 0.497 e. The number of carbonyl (C=O) groups is 2. The Labute approximate surface area is 167 Å². The van der Waals surface area contributed by atoms with Gasteiger partial charge in [-0.2, -0.15) is 0 Å². The first-order chi connectivity index (χ1) is 13.6. The van der Waals surface area contributed by atoms with Crippen molar-refractivity contribution in [3.05, 3.63) is 71.3 Å². The maximum Gasteiger partial charge on any atom is 0.333 e. The van der Waals surface area contributed by atoms with E-state index in [0.717, 1.165) is 42.6 Å². The van der Waals surface area contributed by atoms with Crippen molar-refractivity contribution >= 4 is 17.8 Å². The molecule has 2 aromatic rings. The minimum absolute atomic E-state index is 0.155. The van der Waals surface area contributed by atoms with E-state index in [1.165, 1.54) is 7.11 Å². The highest BCUT2D eigenvalue weighted by Crippen LogP contribution is 2.18. The molecule has 4 nitrogen and oxygen atoms in total. The highest BCUT2D eigenvalue weighted by Gasteiger charge is 2.10. The number of hydrogen-bond acceptors (Lipinski definition) is 4. The van der Waals surface area contributed by atoms with E-state index >= 15 is 0 Å². The number of methoxy groups -OCH3 is 2. The highest BCUT2D eigenvalue weighted by molar-refractivity contribution is 5.96. The van der Waals surface area contributed by atoms with Crippen molar-refractivity contribution in [3.8, 4) is 5.75 Å². The molecule has 2 aromatic carbocycles. The molecule has 2 rings (SSSR count). The van der Waals surface area contributed by atoms with Crippen molar-refractivity contribution in [2.75, 3.05) is 14.2 Å². The molecule has 0 unspecified atom stereocenters. The topological polar surface area (TPSA) is 52.6 Å². The molecule has 0 atom stereocenters. The molecule has 0 spiro atoms. The van der Waals surface area contributed by atoms with Gasteiger partial charge in [0.25, 0.3) is 0 Å². The number of ether oxygens (including phenoxy) is 2. The van der Waals surface area contributed by atoms with Crippen LogP contribution in [0.5, 0.6) is 5.75 Å². The van der Waals surface area contributed by atoms with Crippen LogP contribution in [-0.2, 0) is 9.53 Å². The second kappa shape index (κ2) is 11.8. The molecule has 0 aromatic heterocycles. The summed E-state index contributed by atoms with van der Waals surface area (Å²) in [5.41, 5.74) is 2.40. The summed E-state index contributed by atoms with van der Waals surface area (Å²) < 4.78 is 10.0. The lowest BCUT2D eigenvalue weighted by atomic mass is 10.0. The van der Waals surface area contributed by atoms with E-state index in [1.54, 1.807) is 31.4 Å². The fraction of sp³-hybridized carbons (Fsp3) is 0.333. The molecule has 0 heterocycles. The van der Waals surface area contributed by atoms with Crippen LogP contribution in [0.25, 0.3) is 6.08 Å². The molecule has 148 valence electrons. The van der Waals surface area contributed by atoms with Crippen LogP contribution in [0, 0.1) is 0 Å². The van der Waals surface area contributed by atoms with Crippen LogP contribution in [0.15, 0.2) is 60.2 Å². The van der Waals surface area contributed by atoms with E-state index in [2.05, 4.69) is 0 Å². The molecule has 0 bridgehead atoms. The van der Waals surface area contributed by atoms with E-state index in [4.69, 9.17) is 9.47 Å². The predicted molar refractivity (Wildman–Crippen MR) is 111 cm³/mol. The molecule has 0 radical (unpaired) electrons. The number of hydrogen-bond donors (Lipinski definition) is 0. The van der Waals surface area contributed by atoms with Crippen LogP contribution in [0.1, 0.15) is 54.4 Å². The fourth-order valence-electron chi connectivity index (χ4n) is 2.99. The number of esters is 1. The number of benzene rings is 2. The number of ketones is 1. The van der Waals surface area contributed by atoms with Crippen molar-refractivity contribution in [2.45, 2.75) is 38.5 Å². The molecule has 0 aliphatic heterocycles. The van der Waals surface area contributed by atoms with Gasteiger partial charge in [-0.15, -0.1) is 0 Å². The van der Waals surface area contributed by atoms with Crippen molar-refractivity contribution in [1.82, 2.24) is 0 Å². The zero-order valence-electron chi connectivity index (χ0n) is 16.6. The van der Waals surface area contributed by atoms with Gasteiger partial charge in [-0.05, 0) is 55.2 Å². The van der Waals surface area contributed by atoms with Gasteiger partial charge < -0.3 is 9.47 Å². The van der Waals surface area contributed by atoms with Crippen LogP contribution < -0.4 is 4.74 Å². The molecule has 4 heteroatoms. The molecule has 0 saturated heterocycles. The van der Waals surface area contributed by atoms with Gasteiger partial charge in [0.2, 0.25) is 0 Å². The molecule has 28 heavy (non-hydrogen) atoms. The summed E-state index contributed by atoms with van der Waals surface area (Å²) >= 11 is 0. The van der Waals surface area contributed by atoms with E-state index in [1.807, 2.05) is 36.4 Å². The first kappa shape index (κ1) is 21.4. The lowest BCUT2D eigenvalue weighted by Crippen LogP contribution is -2.05. The molecular weight excluding hydrogens is 352 g/mol. The smallest absolute Gasteiger partial charge is 0.333 e. The number of unbranched alkanes of at least 4 members (excludes halogenated alkanes) is 3. The summed E-state index contributed by atoms with van der Waals surface area (Å²) in [6, 6.07) is 17.0. The monoisotopic (exact) mass is 380 g/mol. The third-order valence-electron chi connectivity index (χ3n) is 4.60. The van der Waals surface area contributed by atoms with Crippen molar-refractivity contribution in [1.29, 1.82) is 0 Å². The minimum Gasteiger partial charge on any atom is -0.497 e. The van der Waals surface area contributed by atoms with Crippen LogP contribution in [-0.4, -0.2) is 26.0 Å². The quantitative estimate of drug-likeness (QED) is 0.224. The van der Waals surface area contributed by atoms with E-state index in [-0.39, 0.29) is 11.8 Å². The summed E-state index contributed by atoms with van der Waals surface area (Å²) in [7, 11) is 3.02. The zero-order chi connectivity index (χ0) is 20.2. The van der Waals surface area contributed by atoms with Crippen LogP contribution >= 0.6 is 0 Å². The third kappa shape index (κ3) is 7.03. The van der Waals surface area contributed by atoms with E-state index in [9.17, 15) is 9.59 Å². The van der Waals surface area contributed by atoms with Gasteiger partial charge in [0.1, 0.15) is 5.75 Å². The first-order valence-corrected chi connectivity index (χ1v) is 9.65. The van der Waals surface area contributed by atoms with Gasteiger partial charge in [0.15, 0.2) is 5.78 Å². The van der Waals surface area contributed by atoms with Gasteiger partial charge >= 0.3 is 5.97 Å². The molecule has 0 aliphatic carbocycles. The highest BCUT2D eigenvalue weighted by atomic mass is 16.5. The number of carbonyl (C=O) groups excluding carboxylic acids is 2. The van der Waals surface area contributed by atoms with Crippen LogP contribution in [0.3, 0.4) is 0 Å². The minimum atomic E-state index is -0.279. The Hall–Kier alpha value is -2.88. The standard InChI is InChI=1S/C24H28O4/c1-27-22-16-14-20(15-17-22)23(25)13-9-4-3-8-12-21(24(26)28-2)18-19-10-6-5-7-11-19/h5-7,10-11,14-18H,3-4,8-9,12-13H2,1-2H3/b21-18+. The zero-order valence-corrected chi connectivity index (χ0v) is 16.6. The molecule has 0 fully saturated rings. The second-order valence-electron chi connectivity index (χ2n) is 6.64. The van der Waals surface area contributed by atoms with Gasteiger partial charge in [-0.1, -0.05) is 43.2 Å². The average molecular weight is 380 g/mol. The molecule has 0 aliphatic rings. The Morgan fingerprint density at radius 1 is 0.821 bits per heavy atom. The van der Waals surface area contributed by atoms with Crippen molar-refractivity contribution in [3.63, 3.8) is 0 Å². The fourth-order valence-corrected chi connectivity index (χ4v) is 2.99. The average Bonchev–Trinajstić information content (AvgIpc) is 2.75. The summed E-state index contributed by atoms with van der Waals surface area (Å²) in [4.78, 5) is 24.2. The van der Waals surface area contributed by atoms with Crippen molar-refractivity contribution < 1.29 is 19.1 Å². The Kier molecular flexibility index (Phi) is 8.99. The number of Topliss-reactive ketones (excluding diaryl/α,β-unsaturated/α-hetero) is 1. The van der Waals surface area contributed by atoms with Gasteiger partial charge in [-0.25, -0.2) is 4.79 Å². The lowest BCUT2D eigenvalue weighted by molar-refractivity contribution is -0.136. The summed E-state index contributed by atoms with van der Waals surface area (Å²) in [5.74, 6) is 0.627. The Balaban J connectivity index is 1.73. The van der Waals surface area contributed by atoms with Crippen molar-refractivity contribution in [2.24, 2.45) is 0 Å². The summed E-state index contributed by atoms with van der Waals surface area (Å²) in [6.45, 7) is 0. The molecule has 0 saturated carbocycles. The summed E-state index contributed by atoms with van der Waals surface area (Å²) in [6.07, 6.45) is 6.77. The Bertz CT molecular complexity index is 776. The SMILES string of the molecule is COC(=O)/C(=C/c1ccccc1)CCCCCCC(=O)c1ccc(OC)cc1. The van der Waals surface area contributed by atoms with Gasteiger partial charge in [0, 0.05) is 17.6 Å². The Morgan fingerprint density at radius 3 is 2.07 bits per heavy atom. The van der Waals surface area contributed by atoms with Gasteiger partial charge in [0.05, 0.1) is 14.2 Å². The normalized spacial score (nSPS) is 11.1. The predicted octanol–water partition coefficient (Wildman–Crippen LogP) is 5.48. The second-order valence-corrected chi connectivity index (χ2v) is 6.64. The maximum absolute atomic E-state index is 12.2. The third-order valence-corrected chi connectivity index (χ3v) is 4.60. The summed E-state index contributed by atoms with van der Waals surface area (Å²) in [5, 5.41) is 0. The number of rotatable bonds is 11.